The third-order valence-corrected chi connectivity index (χ3v) is 1.79. The molecule has 0 saturated carbocycles. The third kappa shape index (κ3) is 2.25. The minimum Gasteiger partial charge on any atom is -0.392 e. The molecule has 0 spiro atoms. The largest absolute Gasteiger partial charge is 0.392 e. The van der Waals surface area contributed by atoms with Gasteiger partial charge >= 0.3 is 0 Å². The zero-order valence-electron chi connectivity index (χ0n) is 6.45. The van der Waals surface area contributed by atoms with Gasteiger partial charge in [-0.15, -0.1) is 0 Å². The van der Waals surface area contributed by atoms with Gasteiger partial charge in [0, 0.05) is 25.7 Å². The van der Waals surface area contributed by atoms with E-state index >= 15 is 0 Å². The third-order valence-electron chi connectivity index (χ3n) is 1.79. The zero-order chi connectivity index (χ0) is 7.56. The van der Waals surface area contributed by atoms with Crippen LogP contribution in [-0.4, -0.2) is 41.8 Å². The maximum absolute atomic E-state index is 9.13. The van der Waals surface area contributed by atoms with Crippen molar-refractivity contribution >= 4 is 0 Å². The Kier molecular flexibility index (Phi) is 2.65. The van der Waals surface area contributed by atoms with Crippen molar-refractivity contribution in [2.45, 2.75) is 25.5 Å². The predicted molar refractivity (Wildman–Crippen MR) is 40.7 cm³/mol. The molecule has 0 aromatic heterocycles. The maximum atomic E-state index is 9.13. The molecule has 60 valence electrons. The molecule has 0 aromatic carbocycles. The van der Waals surface area contributed by atoms with Gasteiger partial charge in [0.05, 0.1) is 6.10 Å². The van der Waals surface area contributed by atoms with Gasteiger partial charge in [0.15, 0.2) is 0 Å². The Morgan fingerprint density at radius 2 is 2.50 bits per heavy atom. The summed E-state index contributed by atoms with van der Waals surface area (Å²) in [6, 6.07) is 0.227. The normalized spacial score (nSPS) is 30.9. The van der Waals surface area contributed by atoms with Crippen molar-refractivity contribution < 1.29 is 5.11 Å². The van der Waals surface area contributed by atoms with Crippen LogP contribution in [0.1, 0.15) is 13.3 Å². The molecule has 0 bridgehead atoms. The molecule has 10 heavy (non-hydrogen) atoms. The highest BCUT2D eigenvalue weighted by Crippen LogP contribution is 2.07. The van der Waals surface area contributed by atoms with Crippen LogP contribution in [0.2, 0.25) is 0 Å². The molecule has 1 aliphatic rings. The lowest BCUT2D eigenvalue weighted by atomic mass is 10.3. The van der Waals surface area contributed by atoms with Crippen molar-refractivity contribution in [1.82, 2.24) is 4.90 Å². The first-order valence-corrected chi connectivity index (χ1v) is 3.84. The number of β-amino-alcohol motifs (C(OH)–C–C–N with tert-alkyl or cyclic N) is 1. The van der Waals surface area contributed by atoms with Crippen LogP contribution in [0, 0.1) is 0 Å². The molecule has 0 unspecified atom stereocenters. The molecule has 1 fully saturated rings. The molecule has 1 rings (SSSR count). The predicted octanol–water partition coefficient (Wildman–Crippen LogP) is -0.600. The van der Waals surface area contributed by atoms with Crippen LogP contribution in [0.5, 0.6) is 0 Å². The van der Waals surface area contributed by atoms with Gasteiger partial charge in [-0.2, -0.15) is 0 Å². The van der Waals surface area contributed by atoms with Crippen molar-refractivity contribution in [1.29, 1.82) is 0 Å². The van der Waals surface area contributed by atoms with E-state index in [1.807, 2.05) is 6.92 Å². The van der Waals surface area contributed by atoms with E-state index in [2.05, 4.69) is 4.90 Å². The first-order valence-electron chi connectivity index (χ1n) is 3.84. The minimum absolute atomic E-state index is 0.112. The van der Waals surface area contributed by atoms with Gasteiger partial charge in [-0.25, -0.2) is 0 Å². The van der Waals surface area contributed by atoms with Crippen LogP contribution < -0.4 is 5.73 Å². The lowest BCUT2D eigenvalue weighted by Gasteiger charge is -2.16. The second kappa shape index (κ2) is 3.32. The molecule has 1 saturated heterocycles. The monoisotopic (exact) mass is 144 g/mol. The van der Waals surface area contributed by atoms with Gasteiger partial charge in [-0.05, 0) is 13.3 Å². The quantitative estimate of drug-likeness (QED) is 0.544. The molecule has 2 atom stereocenters. The van der Waals surface area contributed by atoms with E-state index in [-0.39, 0.29) is 12.1 Å². The summed E-state index contributed by atoms with van der Waals surface area (Å²) in [5.41, 5.74) is 5.59. The summed E-state index contributed by atoms with van der Waals surface area (Å²) >= 11 is 0. The SMILES string of the molecule is C[C@@H](N)CN1CC[C@@H](O)C1. The van der Waals surface area contributed by atoms with E-state index in [4.69, 9.17) is 10.8 Å². The molecule has 0 radical (unpaired) electrons. The number of hydrogen-bond acceptors (Lipinski definition) is 3. The fourth-order valence-electron chi connectivity index (χ4n) is 1.39. The summed E-state index contributed by atoms with van der Waals surface area (Å²) in [6.07, 6.45) is 0.797. The minimum atomic E-state index is -0.112. The standard InChI is InChI=1S/C7H16N2O/c1-6(8)4-9-3-2-7(10)5-9/h6-7,10H,2-5,8H2,1H3/t6-,7-/m1/s1. The van der Waals surface area contributed by atoms with E-state index in [0.29, 0.717) is 0 Å². The number of aliphatic hydroxyl groups is 1. The van der Waals surface area contributed by atoms with Crippen LogP contribution in [0.3, 0.4) is 0 Å². The smallest absolute Gasteiger partial charge is 0.0679 e. The second-order valence-electron chi connectivity index (χ2n) is 3.18. The van der Waals surface area contributed by atoms with Crippen molar-refractivity contribution in [3.63, 3.8) is 0 Å². The van der Waals surface area contributed by atoms with Crippen molar-refractivity contribution in [2.75, 3.05) is 19.6 Å². The van der Waals surface area contributed by atoms with Crippen LogP contribution in [-0.2, 0) is 0 Å². The van der Waals surface area contributed by atoms with Crippen molar-refractivity contribution in [2.24, 2.45) is 5.73 Å². The number of nitrogens with two attached hydrogens (primary N) is 1. The van der Waals surface area contributed by atoms with E-state index in [9.17, 15) is 0 Å². The molecule has 3 nitrogen and oxygen atoms in total. The Balaban J connectivity index is 2.18. The Morgan fingerprint density at radius 3 is 2.90 bits per heavy atom. The summed E-state index contributed by atoms with van der Waals surface area (Å²) in [5.74, 6) is 0. The van der Waals surface area contributed by atoms with Gasteiger partial charge in [0.1, 0.15) is 0 Å². The number of hydrogen-bond donors (Lipinski definition) is 2. The van der Waals surface area contributed by atoms with E-state index < -0.39 is 0 Å². The molecule has 0 aliphatic carbocycles. The van der Waals surface area contributed by atoms with E-state index in [1.54, 1.807) is 0 Å². The van der Waals surface area contributed by atoms with Crippen LogP contribution >= 0.6 is 0 Å². The maximum Gasteiger partial charge on any atom is 0.0679 e. The number of rotatable bonds is 2. The second-order valence-corrected chi connectivity index (χ2v) is 3.18. The Hall–Kier alpha value is -0.120. The Morgan fingerprint density at radius 1 is 1.80 bits per heavy atom. The van der Waals surface area contributed by atoms with Gasteiger partial charge in [0.2, 0.25) is 0 Å². The summed E-state index contributed by atoms with van der Waals surface area (Å²) in [7, 11) is 0. The lowest BCUT2D eigenvalue weighted by Crippen LogP contribution is -2.34. The Labute approximate surface area is 61.8 Å². The fourth-order valence-corrected chi connectivity index (χ4v) is 1.39. The summed E-state index contributed by atoms with van der Waals surface area (Å²) < 4.78 is 0. The first-order chi connectivity index (χ1) is 4.68. The molecule has 3 heteroatoms. The highest BCUT2D eigenvalue weighted by atomic mass is 16.3. The molecule has 1 aliphatic heterocycles. The molecule has 3 N–H and O–H groups in total. The van der Waals surface area contributed by atoms with Gasteiger partial charge in [-0.1, -0.05) is 0 Å². The van der Waals surface area contributed by atoms with E-state index in [0.717, 1.165) is 26.1 Å². The van der Waals surface area contributed by atoms with E-state index in [1.165, 1.54) is 0 Å². The zero-order valence-corrected chi connectivity index (χ0v) is 6.45. The molecular formula is C7H16N2O. The lowest BCUT2D eigenvalue weighted by molar-refractivity contribution is 0.175. The fraction of sp³-hybridized carbons (Fsp3) is 1.00. The Bertz CT molecular complexity index is 106. The van der Waals surface area contributed by atoms with Gasteiger partial charge in [0.25, 0.3) is 0 Å². The van der Waals surface area contributed by atoms with Crippen LogP contribution in [0.15, 0.2) is 0 Å². The molecular weight excluding hydrogens is 128 g/mol. The molecule has 0 amide bonds. The topological polar surface area (TPSA) is 49.5 Å². The number of aliphatic hydroxyl groups excluding tert-OH is 1. The summed E-state index contributed by atoms with van der Waals surface area (Å²) in [5, 5.41) is 9.13. The summed E-state index contributed by atoms with van der Waals surface area (Å²) in [4.78, 5) is 2.20. The molecule has 0 aromatic rings. The van der Waals surface area contributed by atoms with Gasteiger partial charge in [-0.3, -0.25) is 4.90 Å². The molecule has 1 heterocycles. The summed E-state index contributed by atoms with van der Waals surface area (Å²) in [6.45, 7) is 4.71. The highest BCUT2D eigenvalue weighted by molar-refractivity contribution is 4.76. The van der Waals surface area contributed by atoms with Crippen molar-refractivity contribution in [3.8, 4) is 0 Å². The first kappa shape index (κ1) is 7.98. The average molecular weight is 144 g/mol. The van der Waals surface area contributed by atoms with Crippen molar-refractivity contribution in [3.05, 3.63) is 0 Å². The average Bonchev–Trinajstić information content (AvgIpc) is 2.13. The van der Waals surface area contributed by atoms with Crippen LogP contribution in [0.25, 0.3) is 0 Å². The van der Waals surface area contributed by atoms with Crippen LogP contribution in [0.4, 0.5) is 0 Å². The number of nitrogens with zero attached hydrogens (tertiary/aromatic N) is 1. The highest BCUT2D eigenvalue weighted by Gasteiger charge is 2.19. The van der Waals surface area contributed by atoms with Gasteiger partial charge < -0.3 is 10.8 Å². The number of likely N-dealkylation sites (tertiary alicyclic amines) is 1.